The second-order valence-electron chi connectivity index (χ2n) is 6.05. The van der Waals surface area contributed by atoms with Crippen LogP contribution in [0.4, 0.5) is 11.4 Å². The monoisotopic (exact) mass is 435 g/mol. The Morgan fingerprint density at radius 1 is 1.10 bits per heavy atom. The average Bonchev–Trinajstić information content (AvgIpc) is 2.73. The molecule has 0 saturated heterocycles. The van der Waals surface area contributed by atoms with E-state index in [1.807, 2.05) is 0 Å². The van der Waals surface area contributed by atoms with E-state index < -0.39 is 33.4 Å². The van der Waals surface area contributed by atoms with E-state index in [9.17, 15) is 28.1 Å². The fourth-order valence-electron chi connectivity index (χ4n) is 2.60. The number of nitrogens with zero attached hydrogens (tertiary/aromatic N) is 2. The maximum Gasteiger partial charge on any atom is 0.338 e. The van der Waals surface area contributed by atoms with Gasteiger partial charge in [-0.25, -0.2) is 13.2 Å². The Bertz CT molecular complexity index is 1050. The Kier molecular flexibility index (Phi) is 7.61. The van der Waals surface area contributed by atoms with Crippen molar-refractivity contribution in [1.82, 2.24) is 4.31 Å². The van der Waals surface area contributed by atoms with E-state index in [1.165, 1.54) is 52.8 Å². The number of nitro groups is 1. The van der Waals surface area contributed by atoms with Crippen molar-refractivity contribution in [2.24, 2.45) is 0 Å². The summed E-state index contributed by atoms with van der Waals surface area (Å²) >= 11 is 0. The summed E-state index contributed by atoms with van der Waals surface area (Å²) in [5.74, 6) is -1.57. The highest BCUT2D eigenvalue weighted by molar-refractivity contribution is 7.89. The lowest BCUT2D eigenvalue weighted by atomic mass is 10.2. The van der Waals surface area contributed by atoms with Gasteiger partial charge >= 0.3 is 5.97 Å². The molecule has 0 aliphatic rings. The van der Waals surface area contributed by atoms with Crippen LogP contribution < -0.4 is 5.32 Å². The van der Waals surface area contributed by atoms with Gasteiger partial charge < -0.3 is 10.1 Å². The van der Waals surface area contributed by atoms with E-state index >= 15 is 0 Å². The summed E-state index contributed by atoms with van der Waals surface area (Å²) in [6.45, 7) is 3.34. The van der Waals surface area contributed by atoms with E-state index in [0.717, 1.165) is 0 Å². The van der Waals surface area contributed by atoms with E-state index in [0.29, 0.717) is 0 Å². The molecule has 2 rings (SSSR count). The van der Waals surface area contributed by atoms with Crippen LogP contribution in [0.3, 0.4) is 0 Å². The van der Waals surface area contributed by atoms with Crippen LogP contribution in [0.5, 0.6) is 0 Å². The van der Waals surface area contributed by atoms with Gasteiger partial charge in [-0.2, -0.15) is 4.31 Å². The second kappa shape index (κ2) is 9.94. The van der Waals surface area contributed by atoms with Crippen molar-refractivity contribution >= 4 is 33.3 Å². The number of hydrogen-bond donors (Lipinski definition) is 1. The second-order valence-corrected chi connectivity index (χ2v) is 7.99. The molecule has 11 heteroatoms. The summed E-state index contributed by atoms with van der Waals surface area (Å²) in [7, 11) is -3.75. The lowest BCUT2D eigenvalue weighted by Gasteiger charge is -2.18. The molecule has 0 spiro atoms. The molecule has 0 atom stereocenters. The van der Waals surface area contributed by atoms with Crippen LogP contribution in [0.1, 0.15) is 24.2 Å². The Balaban J connectivity index is 2.04. The number of carbonyl (C=O) groups excluding carboxylic acids is 2. The van der Waals surface area contributed by atoms with Gasteiger partial charge in [0.05, 0.1) is 15.4 Å². The number of ether oxygens (including phenoxy) is 1. The number of nitrogens with one attached hydrogen (secondary N) is 1. The van der Waals surface area contributed by atoms with Crippen molar-refractivity contribution in [3.8, 4) is 0 Å². The molecule has 0 unspecified atom stereocenters. The quantitative estimate of drug-likeness (QED) is 0.363. The molecular formula is C19H21N3O7S. The normalized spacial score (nSPS) is 11.2. The van der Waals surface area contributed by atoms with Gasteiger partial charge in [0.2, 0.25) is 10.0 Å². The van der Waals surface area contributed by atoms with Crippen LogP contribution in [0.25, 0.3) is 0 Å². The average molecular weight is 435 g/mol. The van der Waals surface area contributed by atoms with E-state index in [2.05, 4.69) is 5.32 Å². The molecule has 0 radical (unpaired) electrons. The summed E-state index contributed by atoms with van der Waals surface area (Å²) in [4.78, 5) is 34.3. The van der Waals surface area contributed by atoms with Gasteiger partial charge in [0.1, 0.15) is 0 Å². The van der Waals surface area contributed by atoms with Crippen LogP contribution >= 0.6 is 0 Å². The third-order valence-corrected chi connectivity index (χ3v) is 6.13. The third-order valence-electron chi connectivity index (χ3n) is 4.09. The number of sulfonamides is 1. The molecular weight excluding hydrogens is 414 g/mol. The maximum atomic E-state index is 12.6. The number of anilines is 1. The number of esters is 1. The molecule has 2 aromatic carbocycles. The number of carbonyl (C=O) groups is 2. The van der Waals surface area contributed by atoms with Crippen LogP contribution in [-0.4, -0.2) is 49.2 Å². The molecule has 2 aromatic rings. The molecule has 1 amide bonds. The van der Waals surface area contributed by atoms with Gasteiger partial charge in [-0.15, -0.1) is 0 Å². The number of rotatable bonds is 9. The van der Waals surface area contributed by atoms with Gasteiger partial charge in [0, 0.05) is 30.9 Å². The predicted octanol–water partition coefficient (Wildman–Crippen LogP) is 2.42. The predicted molar refractivity (Wildman–Crippen MR) is 109 cm³/mol. The summed E-state index contributed by atoms with van der Waals surface area (Å²) < 4.78 is 31.3. The molecule has 1 N–H and O–H groups in total. The van der Waals surface area contributed by atoms with Crippen molar-refractivity contribution in [2.45, 2.75) is 18.7 Å². The molecule has 0 saturated carbocycles. The molecule has 30 heavy (non-hydrogen) atoms. The molecule has 0 aromatic heterocycles. The number of benzene rings is 2. The van der Waals surface area contributed by atoms with Crippen molar-refractivity contribution in [1.29, 1.82) is 0 Å². The Labute approximate surface area is 173 Å². The van der Waals surface area contributed by atoms with Crippen molar-refractivity contribution in [3.63, 3.8) is 0 Å². The van der Waals surface area contributed by atoms with Crippen molar-refractivity contribution in [3.05, 3.63) is 64.2 Å². The maximum absolute atomic E-state index is 12.6. The van der Waals surface area contributed by atoms with Crippen LogP contribution in [0.15, 0.2) is 53.4 Å². The zero-order chi connectivity index (χ0) is 22.3. The number of non-ortho nitro benzene ring substituents is 1. The first kappa shape index (κ1) is 23.0. The first-order chi connectivity index (χ1) is 14.2. The molecule has 160 valence electrons. The standard InChI is InChI=1S/C19H21N3O7S/c1-3-21(4-2)30(27,28)17-10-5-7-14(11-17)19(24)29-13-18(23)20-15-8-6-9-16(12-15)22(25)26/h5-12H,3-4,13H2,1-2H3,(H,20,23). The van der Waals surface area contributed by atoms with Gasteiger partial charge in [-0.3, -0.25) is 14.9 Å². The minimum absolute atomic E-state index is 0.0219. The van der Waals surface area contributed by atoms with Crippen LogP contribution in [-0.2, 0) is 19.6 Å². The Hall–Kier alpha value is -3.31. The lowest BCUT2D eigenvalue weighted by molar-refractivity contribution is -0.384. The Morgan fingerprint density at radius 3 is 2.40 bits per heavy atom. The number of amides is 1. The number of hydrogen-bond acceptors (Lipinski definition) is 7. The minimum atomic E-state index is -3.75. The first-order valence-electron chi connectivity index (χ1n) is 9.00. The smallest absolute Gasteiger partial charge is 0.338 e. The molecule has 0 aliphatic heterocycles. The summed E-state index contributed by atoms with van der Waals surface area (Å²) in [6, 6.07) is 10.7. The minimum Gasteiger partial charge on any atom is -0.452 e. The SMILES string of the molecule is CCN(CC)S(=O)(=O)c1cccc(C(=O)OCC(=O)Nc2cccc([N+](=O)[O-])c2)c1. The molecule has 0 fully saturated rings. The van der Waals surface area contributed by atoms with Crippen molar-refractivity contribution in [2.75, 3.05) is 25.0 Å². The lowest BCUT2D eigenvalue weighted by Crippen LogP contribution is -2.30. The van der Waals surface area contributed by atoms with E-state index in [-0.39, 0.29) is 34.9 Å². The van der Waals surface area contributed by atoms with Crippen molar-refractivity contribution < 1.29 is 27.7 Å². The summed E-state index contributed by atoms with van der Waals surface area (Å²) in [5.41, 5.74) is -0.0417. The molecule has 10 nitrogen and oxygen atoms in total. The van der Waals surface area contributed by atoms with Crippen LogP contribution in [0, 0.1) is 10.1 Å². The highest BCUT2D eigenvalue weighted by Gasteiger charge is 2.23. The zero-order valence-electron chi connectivity index (χ0n) is 16.4. The molecule has 0 bridgehead atoms. The van der Waals surface area contributed by atoms with E-state index in [1.54, 1.807) is 13.8 Å². The van der Waals surface area contributed by atoms with Gasteiger partial charge in [-0.1, -0.05) is 26.0 Å². The fourth-order valence-corrected chi connectivity index (χ4v) is 4.11. The highest BCUT2D eigenvalue weighted by atomic mass is 32.2. The first-order valence-corrected chi connectivity index (χ1v) is 10.4. The van der Waals surface area contributed by atoms with Crippen LogP contribution in [0.2, 0.25) is 0 Å². The summed E-state index contributed by atoms with van der Waals surface area (Å²) in [6.07, 6.45) is 0. The summed E-state index contributed by atoms with van der Waals surface area (Å²) in [5, 5.41) is 13.2. The topological polar surface area (TPSA) is 136 Å². The van der Waals surface area contributed by atoms with Gasteiger partial charge in [0.15, 0.2) is 6.61 Å². The zero-order valence-corrected chi connectivity index (χ0v) is 17.2. The fraction of sp³-hybridized carbons (Fsp3) is 0.263. The third kappa shape index (κ3) is 5.61. The van der Waals surface area contributed by atoms with E-state index in [4.69, 9.17) is 4.74 Å². The largest absolute Gasteiger partial charge is 0.452 e. The van der Waals surface area contributed by atoms with Gasteiger partial charge in [-0.05, 0) is 24.3 Å². The molecule has 0 aliphatic carbocycles. The van der Waals surface area contributed by atoms with Gasteiger partial charge in [0.25, 0.3) is 11.6 Å². The molecule has 0 heterocycles. The number of nitro benzene ring substituents is 1. The Morgan fingerprint density at radius 2 is 1.77 bits per heavy atom. The highest BCUT2D eigenvalue weighted by Crippen LogP contribution is 2.18.